The molecule has 0 saturated carbocycles. The zero-order valence-electron chi connectivity index (χ0n) is 17.3. The number of phenols is 2. The summed E-state index contributed by atoms with van der Waals surface area (Å²) in [4.78, 5) is 27.9. The van der Waals surface area contributed by atoms with E-state index >= 15 is 0 Å². The van der Waals surface area contributed by atoms with Crippen LogP contribution in [0.1, 0.15) is 27.0 Å². The minimum atomic E-state index is -0.736. The lowest BCUT2D eigenvalue weighted by Gasteiger charge is -2.36. The molecule has 7 heteroatoms. The number of carbonyl (C=O) groups is 2. The maximum Gasteiger partial charge on any atom is 0.258 e. The van der Waals surface area contributed by atoms with E-state index in [4.69, 9.17) is 11.6 Å². The number of aromatic hydroxyl groups is 2. The van der Waals surface area contributed by atoms with Crippen molar-refractivity contribution in [1.29, 1.82) is 0 Å². The van der Waals surface area contributed by atoms with Crippen molar-refractivity contribution in [2.45, 2.75) is 25.4 Å². The highest BCUT2D eigenvalue weighted by Crippen LogP contribution is 2.33. The molecule has 0 spiro atoms. The van der Waals surface area contributed by atoms with Gasteiger partial charge in [-0.05, 0) is 29.2 Å². The molecule has 3 N–H and O–H groups in total. The smallest absolute Gasteiger partial charge is 0.258 e. The van der Waals surface area contributed by atoms with Crippen LogP contribution < -0.4 is 5.32 Å². The molecule has 32 heavy (non-hydrogen) atoms. The molecule has 0 aliphatic carbocycles. The number of phenolic OH excluding ortho intramolecular Hbond substituents is 2. The second kappa shape index (κ2) is 9.32. The van der Waals surface area contributed by atoms with Gasteiger partial charge in [-0.3, -0.25) is 9.59 Å². The summed E-state index contributed by atoms with van der Waals surface area (Å²) in [5, 5.41) is 22.8. The van der Waals surface area contributed by atoms with Crippen LogP contribution in [0.2, 0.25) is 5.02 Å². The number of halogens is 1. The van der Waals surface area contributed by atoms with Gasteiger partial charge in [-0.25, -0.2) is 0 Å². The van der Waals surface area contributed by atoms with Gasteiger partial charge in [0.25, 0.3) is 5.91 Å². The Kier molecular flexibility index (Phi) is 6.32. The number of amides is 2. The van der Waals surface area contributed by atoms with Crippen LogP contribution in [0.4, 0.5) is 0 Å². The second-order valence-corrected chi connectivity index (χ2v) is 8.18. The maximum atomic E-state index is 13.3. The first-order valence-corrected chi connectivity index (χ1v) is 10.7. The Morgan fingerprint density at radius 1 is 0.969 bits per heavy atom. The summed E-state index contributed by atoms with van der Waals surface area (Å²) >= 11 is 5.96. The summed E-state index contributed by atoms with van der Waals surface area (Å²) in [7, 11) is 0. The van der Waals surface area contributed by atoms with E-state index in [9.17, 15) is 19.8 Å². The van der Waals surface area contributed by atoms with E-state index in [0.717, 1.165) is 22.8 Å². The number of nitrogens with zero attached hydrogens (tertiary/aromatic N) is 1. The predicted molar refractivity (Wildman–Crippen MR) is 122 cm³/mol. The van der Waals surface area contributed by atoms with Gasteiger partial charge in [0, 0.05) is 25.6 Å². The van der Waals surface area contributed by atoms with Gasteiger partial charge in [0.2, 0.25) is 5.91 Å². The summed E-state index contributed by atoms with van der Waals surface area (Å²) in [6, 6.07) is 19.0. The Labute approximate surface area is 191 Å². The zero-order chi connectivity index (χ0) is 22.7. The van der Waals surface area contributed by atoms with Crippen LogP contribution in [-0.2, 0) is 24.2 Å². The van der Waals surface area contributed by atoms with Crippen LogP contribution in [0.3, 0.4) is 0 Å². The first-order chi connectivity index (χ1) is 15.4. The van der Waals surface area contributed by atoms with E-state index in [1.807, 2.05) is 54.6 Å². The van der Waals surface area contributed by atoms with Crippen molar-refractivity contribution in [1.82, 2.24) is 10.2 Å². The van der Waals surface area contributed by atoms with Gasteiger partial charge in [0.1, 0.15) is 17.5 Å². The lowest BCUT2D eigenvalue weighted by molar-refractivity contribution is -0.126. The van der Waals surface area contributed by atoms with Crippen molar-refractivity contribution < 1.29 is 19.8 Å². The molecule has 0 fully saturated rings. The van der Waals surface area contributed by atoms with Crippen LogP contribution in [0.15, 0.2) is 66.7 Å². The van der Waals surface area contributed by atoms with Crippen LogP contribution in [0.5, 0.6) is 11.5 Å². The van der Waals surface area contributed by atoms with Gasteiger partial charge >= 0.3 is 0 Å². The summed E-state index contributed by atoms with van der Waals surface area (Å²) in [5.74, 6) is -1.49. The topological polar surface area (TPSA) is 89.9 Å². The highest BCUT2D eigenvalue weighted by molar-refractivity contribution is 6.32. The molecule has 2 amide bonds. The second-order valence-electron chi connectivity index (χ2n) is 7.77. The SMILES string of the molecule is O=C(NCCc1ccccc1)[C@@H]1Cc2ccccc2CN1C(=O)c1cc(Cl)c(O)cc1O. The molecule has 3 aromatic rings. The summed E-state index contributed by atoms with van der Waals surface area (Å²) in [5.41, 5.74) is 3.00. The van der Waals surface area contributed by atoms with Gasteiger partial charge in [-0.2, -0.15) is 0 Å². The highest BCUT2D eigenvalue weighted by atomic mass is 35.5. The Balaban J connectivity index is 1.57. The van der Waals surface area contributed by atoms with Crippen LogP contribution >= 0.6 is 11.6 Å². The summed E-state index contributed by atoms with van der Waals surface area (Å²) in [6.45, 7) is 0.670. The lowest BCUT2D eigenvalue weighted by Crippen LogP contribution is -2.52. The monoisotopic (exact) mass is 450 g/mol. The Bertz CT molecular complexity index is 1150. The fraction of sp³-hybridized carbons (Fsp3) is 0.200. The van der Waals surface area contributed by atoms with E-state index < -0.39 is 11.9 Å². The number of hydrogen-bond donors (Lipinski definition) is 3. The number of benzene rings is 3. The Morgan fingerprint density at radius 3 is 2.41 bits per heavy atom. The average Bonchev–Trinajstić information content (AvgIpc) is 2.80. The van der Waals surface area contributed by atoms with E-state index in [-0.39, 0.29) is 34.5 Å². The summed E-state index contributed by atoms with van der Waals surface area (Å²) in [6.07, 6.45) is 1.05. The van der Waals surface area contributed by atoms with Crippen LogP contribution in [0, 0.1) is 0 Å². The number of carbonyl (C=O) groups excluding carboxylic acids is 2. The third-order valence-corrected chi connectivity index (χ3v) is 5.97. The first kappa shape index (κ1) is 21.7. The van der Waals surface area contributed by atoms with Gasteiger partial charge < -0.3 is 20.4 Å². The molecule has 0 unspecified atom stereocenters. The molecule has 3 aromatic carbocycles. The number of hydrogen-bond acceptors (Lipinski definition) is 4. The molecule has 0 saturated heterocycles. The molecule has 1 aliphatic heterocycles. The molecule has 1 atom stereocenters. The van der Waals surface area contributed by atoms with Crippen molar-refractivity contribution >= 4 is 23.4 Å². The van der Waals surface area contributed by atoms with E-state index in [2.05, 4.69) is 5.32 Å². The standard InChI is InChI=1S/C25H23ClN2O4/c26-20-13-19(22(29)14-23(20)30)25(32)28-15-18-9-5-4-8-17(18)12-21(28)24(31)27-11-10-16-6-2-1-3-7-16/h1-9,13-14,21,29-30H,10-12,15H2,(H,27,31)/t21-/m0/s1. The zero-order valence-corrected chi connectivity index (χ0v) is 18.0. The third kappa shape index (κ3) is 4.55. The van der Waals surface area contributed by atoms with E-state index in [0.29, 0.717) is 19.4 Å². The van der Waals surface area contributed by atoms with Crippen molar-refractivity contribution in [3.8, 4) is 11.5 Å². The fourth-order valence-electron chi connectivity index (χ4n) is 3.94. The normalized spacial score (nSPS) is 15.2. The average molecular weight is 451 g/mol. The molecule has 4 rings (SSSR count). The Hall–Kier alpha value is -3.51. The molecule has 164 valence electrons. The molecule has 1 aliphatic rings. The number of nitrogens with one attached hydrogen (secondary N) is 1. The Morgan fingerprint density at radius 2 is 1.66 bits per heavy atom. The summed E-state index contributed by atoms with van der Waals surface area (Å²) < 4.78 is 0. The van der Waals surface area contributed by atoms with Crippen LogP contribution in [-0.4, -0.2) is 39.5 Å². The van der Waals surface area contributed by atoms with Crippen molar-refractivity contribution in [2.24, 2.45) is 0 Å². The van der Waals surface area contributed by atoms with Crippen molar-refractivity contribution in [3.05, 3.63) is 94.0 Å². The minimum Gasteiger partial charge on any atom is -0.507 e. The molecular formula is C25H23ClN2O4. The van der Waals surface area contributed by atoms with Gasteiger partial charge in [0.15, 0.2) is 0 Å². The van der Waals surface area contributed by atoms with Gasteiger partial charge in [0.05, 0.1) is 10.6 Å². The third-order valence-electron chi connectivity index (χ3n) is 5.66. The number of rotatable bonds is 5. The van der Waals surface area contributed by atoms with Gasteiger partial charge in [-0.15, -0.1) is 0 Å². The molecule has 6 nitrogen and oxygen atoms in total. The molecule has 0 aromatic heterocycles. The van der Waals surface area contributed by atoms with Crippen LogP contribution in [0.25, 0.3) is 0 Å². The minimum absolute atomic E-state index is 0.0487. The van der Waals surface area contributed by atoms with E-state index in [1.165, 1.54) is 11.0 Å². The van der Waals surface area contributed by atoms with Crippen molar-refractivity contribution in [3.63, 3.8) is 0 Å². The first-order valence-electron chi connectivity index (χ1n) is 10.3. The molecule has 0 radical (unpaired) electrons. The predicted octanol–water partition coefficient (Wildman–Crippen LogP) is 3.68. The number of fused-ring (bicyclic) bond motifs is 1. The largest absolute Gasteiger partial charge is 0.507 e. The van der Waals surface area contributed by atoms with Crippen molar-refractivity contribution in [2.75, 3.05) is 6.54 Å². The molecule has 0 bridgehead atoms. The quantitative estimate of drug-likeness (QED) is 0.553. The molecule has 1 heterocycles. The maximum absolute atomic E-state index is 13.3. The van der Waals surface area contributed by atoms with Gasteiger partial charge in [-0.1, -0.05) is 66.2 Å². The highest BCUT2D eigenvalue weighted by Gasteiger charge is 2.36. The fourth-order valence-corrected chi connectivity index (χ4v) is 4.10. The lowest BCUT2D eigenvalue weighted by atomic mass is 9.92. The van der Waals surface area contributed by atoms with E-state index in [1.54, 1.807) is 0 Å². The molecular weight excluding hydrogens is 428 g/mol.